The fourth-order valence-electron chi connectivity index (χ4n) is 5.00. The number of carbonyl (C=O) groups excluding carboxylic acids is 1. The molecule has 0 atom stereocenters. The summed E-state index contributed by atoms with van der Waals surface area (Å²) >= 11 is 12.9. The molecule has 0 saturated carbocycles. The average molecular weight is 571 g/mol. The SMILES string of the molecule is COc1cc(Nc2ncc3c(n2)N2CCN=C2N(c2c(Cl)cccc2Cl)C3=O)cc(F)c1N1CCN(C)CC1. The predicted octanol–water partition coefficient (Wildman–Crippen LogP) is 4.26. The molecule has 13 heteroatoms. The number of benzene rings is 2. The minimum Gasteiger partial charge on any atom is -0.494 e. The van der Waals surface area contributed by atoms with Crippen LogP contribution in [0.25, 0.3) is 0 Å². The van der Waals surface area contributed by atoms with Crippen LogP contribution in [0.5, 0.6) is 5.75 Å². The number of fused-ring (bicyclic) bond motifs is 3. The summed E-state index contributed by atoms with van der Waals surface area (Å²) in [6.45, 7) is 4.05. The summed E-state index contributed by atoms with van der Waals surface area (Å²) in [5.41, 5.74) is 1.48. The molecule has 202 valence electrons. The molecule has 3 aromatic rings. The lowest BCUT2D eigenvalue weighted by Gasteiger charge is -2.35. The van der Waals surface area contributed by atoms with E-state index in [1.807, 2.05) is 16.8 Å². The number of ether oxygens (including phenoxy) is 1. The van der Waals surface area contributed by atoms with Gasteiger partial charge in [-0.2, -0.15) is 4.98 Å². The van der Waals surface area contributed by atoms with Crippen molar-refractivity contribution in [3.63, 3.8) is 0 Å². The molecule has 3 aliphatic rings. The first-order valence-electron chi connectivity index (χ1n) is 12.4. The molecule has 1 aromatic heterocycles. The molecule has 3 aliphatic heterocycles. The number of piperazine rings is 1. The Kier molecular flexibility index (Phi) is 6.66. The van der Waals surface area contributed by atoms with Crippen molar-refractivity contribution >= 4 is 63.9 Å². The molecule has 0 radical (unpaired) electrons. The quantitative estimate of drug-likeness (QED) is 0.486. The summed E-state index contributed by atoms with van der Waals surface area (Å²) in [5, 5.41) is 3.71. The van der Waals surface area contributed by atoms with E-state index in [0.29, 0.717) is 70.8 Å². The molecule has 1 N–H and O–H groups in total. The molecule has 0 spiro atoms. The molecular formula is C26H25Cl2FN8O2. The number of rotatable bonds is 5. The van der Waals surface area contributed by atoms with Crippen molar-refractivity contribution in [3.05, 3.63) is 58.0 Å². The third kappa shape index (κ3) is 4.50. The number of aliphatic imine (C=N–C) groups is 1. The van der Waals surface area contributed by atoms with E-state index in [9.17, 15) is 4.79 Å². The van der Waals surface area contributed by atoms with Gasteiger partial charge in [-0.15, -0.1) is 0 Å². The number of carbonyl (C=O) groups is 1. The number of guanidine groups is 1. The second kappa shape index (κ2) is 10.1. The lowest BCUT2D eigenvalue weighted by molar-refractivity contribution is 0.1000. The van der Waals surface area contributed by atoms with Crippen LogP contribution in [0.1, 0.15) is 10.4 Å². The number of para-hydroxylation sites is 1. The highest BCUT2D eigenvalue weighted by molar-refractivity contribution is 6.43. The zero-order valence-corrected chi connectivity index (χ0v) is 22.8. The summed E-state index contributed by atoms with van der Waals surface area (Å²) in [4.78, 5) is 34.5. The van der Waals surface area contributed by atoms with Crippen LogP contribution in [-0.4, -0.2) is 80.2 Å². The standard InChI is InChI=1S/C26H25Cl2FN8O2/c1-34-8-10-35(11-9-34)22-19(29)12-15(13-20(22)39-2)32-25-31-14-16-23(33-25)36-7-6-30-26(36)37(24(16)38)21-17(27)4-3-5-18(21)28/h3-5,12-14H,6-11H2,1-2H3,(H,31,32,33). The number of aromatic nitrogens is 2. The molecule has 6 rings (SSSR count). The zero-order chi connectivity index (χ0) is 27.3. The maximum absolute atomic E-state index is 15.3. The van der Waals surface area contributed by atoms with Crippen molar-refractivity contribution < 1.29 is 13.9 Å². The van der Waals surface area contributed by atoms with Crippen molar-refractivity contribution in [2.45, 2.75) is 0 Å². The van der Waals surface area contributed by atoms with Crippen molar-refractivity contribution in [1.29, 1.82) is 0 Å². The second-order valence-corrected chi connectivity index (χ2v) is 10.2. The summed E-state index contributed by atoms with van der Waals surface area (Å²) < 4.78 is 20.9. The minimum absolute atomic E-state index is 0.200. The van der Waals surface area contributed by atoms with Crippen molar-refractivity contribution in [2.75, 3.05) is 73.4 Å². The van der Waals surface area contributed by atoms with E-state index in [-0.39, 0.29) is 11.5 Å². The Labute approximate surface area is 234 Å². The summed E-state index contributed by atoms with van der Waals surface area (Å²) in [6, 6.07) is 8.15. The molecule has 39 heavy (non-hydrogen) atoms. The second-order valence-electron chi connectivity index (χ2n) is 9.40. The third-order valence-electron chi connectivity index (χ3n) is 6.96. The Morgan fingerprint density at radius 1 is 1.05 bits per heavy atom. The van der Waals surface area contributed by atoms with Crippen molar-refractivity contribution in [1.82, 2.24) is 14.9 Å². The Morgan fingerprint density at radius 3 is 2.51 bits per heavy atom. The van der Waals surface area contributed by atoms with Crippen molar-refractivity contribution in [2.24, 2.45) is 4.99 Å². The highest BCUT2D eigenvalue weighted by Crippen LogP contribution is 2.40. The van der Waals surface area contributed by atoms with Gasteiger partial charge in [0.25, 0.3) is 5.91 Å². The molecule has 10 nitrogen and oxygen atoms in total. The van der Waals surface area contributed by atoms with Crippen LogP contribution < -0.4 is 24.8 Å². The third-order valence-corrected chi connectivity index (χ3v) is 7.57. The molecule has 2 aromatic carbocycles. The lowest BCUT2D eigenvalue weighted by atomic mass is 10.1. The van der Waals surface area contributed by atoms with Gasteiger partial charge >= 0.3 is 0 Å². The molecule has 1 fully saturated rings. The minimum atomic E-state index is -0.407. The van der Waals surface area contributed by atoms with E-state index in [0.717, 1.165) is 13.1 Å². The average Bonchev–Trinajstić information content (AvgIpc) is 3.40. The predicted molar refractivity (Wildman–Crippen MR) is 151 cm³/mol. The Bertz CT molecular complexity index is 1470. The molecule has 1 saturated heterocycles. The van der Waals surface area contributed by atoms with Crippen molar-refractivity contribution in [3.8, 4) is 5.75 Å². The van der Waals surface area contributed by atoms with E-state index in [1.54, 1.807) is 24.3 Å². The number of anilines is 5. The van der Waals surface area contributed by atoms with Crippen LogP contribution in [0.4, 0.5) is 33.2 Å². The van der Waals surface area contributed by atoms with Gasteiger partial charge in [0, 0.05) is 50.7 Å². The van der Waals surface area contributed by atoms with Crippen LogP contribution in [0.2, 0.25) is 10.0 Å². The molecular weight excluding hydrogens is 546 g/mol. The Morgan fingerprint density at radius 2 is 1.79 bits per heavy atom. The number of nitrogens with zero attached hydrogens (tertiary/aromatic N) is 7. The Balaban J connectivity index is 1.32. The Hall–Kier alpha value is -3.67. The number of methoxy groups -OCH3 is 1. The number of amides is 1. The summed E-state index contributed by atoms with van der Waals surface area (Å²) in [7, 11) is 3.56. The van der Waals surface area contributed by atoms with Gasteiger partial charge in [-0.3, -0.25) is 14.7 Å². The maximum atomic E-state index is 15.3. The molecule has 0 aliphatic carbocycles. The van der Waals surface area contributed by atoms with Gasteiger partial charge < -0.3 is 19.9 Å². The molecule has 0 unspecified atom stereocenters. The van der Waals surface area contributed by atoms with Gasteiger partial charge in [0.05, 0.1) is 29.4 Å². The number of hydrogen-bond acceptors (Lipinski definition) is 9. The van der Waals surface area contributed by atoms with Gasteiger partial charge in [-0.1, -0.05) is 29.3 Å². The first-order chi connectivity index (χ1) is 18.9. The van der Waals surface area contributed by atoms with Crippen LogP contribution in [0, 0.1) is 5.82 Å². The van der Waals surface area contributed by atoms with E-state index >= 15 is 4.39 Å². The maximum Gasteiger partial charge on any atom is 0.270 e. The monoisotopic (exact) mass is 570 g/mol. The topological polar surface area (TPSA) is 89.4 Å². The highest BCUT2D eigenvalue weighted by Gasteiger charge is 2.41. The first-order valence-corrected chi connectivity index (χ1v) is 13.2. The number of halogens is 3. The van der Waals surface area contributed by atoms with Crippen LogP contribution in [0.15, 0.2) is 41.5 Å². The van der Waals surface area contributed by atoms with Gasteiger partial charge in [-0.25, -0.2) is 14.3 Å². The van der Waals surface area contributed by atoms with Gasteiger partial charge in [0.2, 0.25) is 11.9 Å². The highest BCUT2D eigenvalue weighted by atomic mass is 35.5. The van der Waals surface area contributed by atoms with Crippen LogP contribution in [0.3, 0.4) is 0 Å². The van der Waals surface area contributed by atoms with E-state index < -0.39 is 11.7 Å². The molecule has 4 heterocycles. The fourth-order valence-corrected chi connectivity index (χ4v) is 5.57. The number of likely N-dealkylation sites (N-methyl/N-ethyl adjacent to an activating group) is 1. The van der Waals surface area contributed by atoms with E-state index in [1.165, 1.54) is 24.3 Å². The zero-order valence-electron chi connectivity index (χ0n) is 21.3. The van der Waals surface area contributed by atoms with E-state index in [4.69, 9.17) is 27.9 Å². The first kappa shape index (κ1) is 25.6. The molecule has 0 bridgehead atoms. The van der Waals surface area contributed by atoms with E-state index in [2.05, 4.69) is 25.2 Å². The van der Waals surface area contributed by atoms with Crippen LogP contribution >= 0.6 is 23.2 Å². The van der Waals surface area contributed by atoms with Gasteiger partial charge in [0.1, 0.15) is 17.0 Å². The largest absolute Gasteiger partial charge is 0.494 e. The van der Waals surface area contributed by atoms with Crippen LogP contribution in [-0.2, 0) is 0 Å². The fraction of sp³-hybridized carbons (Fsp3) is 0.308. The molecule has 1 amide bonds. The summed E-state index contributed by atoms with van der Waals surface area (Å²) in [5.74, 6) is 0.594. The number of nitrogens with one attached hydrogen (secondary N) is 1. The normalized spacial score (nSPS) is 17.2. The smallest absolute Gasteiger partial charge is 0.270 e. The summed E-state index contributed by atoms with van der Waals surface area (Å²) in [6.07, 6.45) is 1.44. The van der Waals surface area contributed by atoms with Gasteiger partial charge in [0.15, 0.2) is 11.6 Å². The lowest BCUT2D eigenvalue weighted by Crippen LogP contribution is -2.51. The number of hydrogen-bond donors (Lipinski definition) is 1. The van der Waals surface area contributed by atoms with Gasteiger partial charge in [-0.05, 0) is 25.2 Å².